The molecule has 0 aliphatic rings. The van der Waals surface area contributed by atoms with Gasteiger partial charge in [0, 0.05) is 11.1 Å². The number of aromatic nitrogens is 2. The van der Waals surface area contributed by atoms with Crippen LogP contribution in [0.1, 0.15) is 11.3 Å². The molecular weight excluding hydrogens is 349 g/mol. The van der Waals surface area contributed by atoms with Crippen LogP contribution in [-0.2, 0) is 6.18 Å². The van der Waals surface area contributed by atoms with Crippen molar-refractivity contribution in [2.24, 2.45) is 0 Å². The maximum absolute atomic E-state index is 13.0. The predicted molar refractivity (Wildman–Crippen MR) is 94.5 cm³/mol. The molecule has 0 radical (unpaired) electrons. The molecule has 0 amide bonds. The Hall–Kier alpha value is -1.78. The highest BCUT2D eigenvalue weighted by Gasteiger charge is 2.33. The normalized spacial score (nSPS) is 11.8. The third-order valence-corrected chi connectivity index (χ3v) is 4.36. The summed E-state index contributed by atoms with van der Waals surface area (Å²) in [5.74, 6) is 3.12. The molecule has 0 saturated heterocycles. The second-order valence-electron chi connectivity index (χ2n) is 6.20. The third-order valence-electron chi connectivity index (χ3n) is 2.94. The highest BCUT2D eigenvalue weighted by atomic mass is 32.2. The van der Waals surface area contributed by atoms with Gasteiger partial charge < -0.3 is 0 Å². The number of hydrogen-bond donors (Lipinski definition) is 0. The summed E-state index contributed by atoms with van der Waals surface area (Å²) in [5, 5.41) is 0.0995. The van der Waals surface area contributed by atoms with Crippen molar-refractivity contribution in [3.05, 3.63) is 41.6 Å². The largest absolute Gasteiger partial charge is 0.433 e. The Kier molecular flexibility index (Phi) is 5.41. The van der Waals surface area contributed by atoms with Gasteiger partial charge in [-0.25, -0.2) is 9.97 Å². The SMILES string of the molecule is CSc1nc(-c2ccc(C#C[Si](C)(C)C)cc2)cc(C(F)(F)F)n1. The van der Waals surface area contributed by atoms with E-state index in [1.54, 1.807) is 30.5 Å². The van der Waals surface area contributed by atoms with Crippen LogP contribution in [0.3, 0.4) is 0 Å². The van der Waals surface area contributed by atoms with Gasteiger partial charge in [-0.1, -0.05) is 49.5 Å². The summed E-state index contributed by atoms with van der Waals surface area (Å²) < 4.78 is 38.9. The molecule has 0 atom stereocenters. The molecule has 2 nitrogen and oxygen atoms in total. The predicted octanol–water partition coefficient (Wildman–Crippen LogP) is 5.11. The van der Waals surface area contributed by atoms with Gasteiger partial charge in [0.15, 0.2) is 5.16 Å². The van der Waals surface area contributed by atoms with Crippen LogP contribution >= 0.6 is 11.8 Å². The van der Waals surface area contributed by atoms with E-state index in [9.17, 15) is 13.2 Å². The molecule has 7 heteroatoms. The van der Waals surface area contributed by atoms with Gasteiger partial charge in [0.05, 0.1) is 5.69 Å². The summed E-state index contributed by atoms with van der Waals surface area (Å²) in [5.41, 5.74) is 4.03. The fourth-order valence-electron chi connectivity index (χ4n) is 1.79. The lowest BCUT2D eigenvalue weighted by Crippen LogP contribution is -2.16. The second-order valence-corrected chi connectivity index (χ2v) is 11.7. The number of halogens is 3. The first-order chi connectivity index (χ1) is 11.1. The van der Waals surface area contributed by atoms with Crippen molar-refractivity contribution < 1.29 is 13.2 Å². The number of thioether (sulfide) groups is 1. The number of benzene rings is 1. The number of hydrogen-bond acceptors (Lipinski definition) is 3. The van der Waals surface area contributed by atoms with Crippen molar-refractivity contribution in [2.45, 2.75) is 31.0 Å². The molecule has 0 aliphatic heterocycles. The quantitative estimate of drug-likeness (QED) is 0.320. The minimum absolute atomic E-state index is 0.0995. The van der Waals surface area contributed by atoms with E-state index in [2.05, 4.69) is 41.1 Å². The first kappa shape index (κ1) is 18.6. The number of rotatable bonds is 2. The smallest absolute Gasteiger partial charge is 0.222 e. The maximum atomic E-state index is 13.0. The number of nitrogens with zero attached hydrogens (tertiary/aromatic N) is 2. The highest BCUT2D eigenvalue weighted by Crippen LogP contribution is 2.31. The van der Waals surface area contributed by atoms with E-state index in [1.807, 2.05) is 0 Å². The van der Waals surface area contributed by atoms with E-state index in [4.69, 9.17) is 0 Å². The molecule has 0 aliphatic carbocycles. The molecule has 126 valence electrons. The zero-order chi connectivity index (χ0) is 18.0. The molecule has 0 bridgehead atoms. The molecule has 1 heterocycles. The Bertz CT molecular complexity index is 785. The molecule has 1 aromatic heterocycles. The lowest BCUT2D eigenvalue weighted by atomic mass is 10.1. The second kappa shape index (κ2) is 6.99. The van der Waals surface area contributed by atoms with E-state index in [-0.39, 0.29) is 10.9 Å². The standard InChI is InChI=1S/C17H17F3N2SSi/c1-23-16-21-14(11-15(22-16)17(18,19)20)13-7-5-12(6-8-13)9-10-24(2,3)4/h5-8,11H,1-4H3. The fourth-order valence-corrected chi connectivity index (χ4v) is 2.69. The van der Waals surface area contributed by atoms with E-state index in [0.29, 0.717) is 5.56 Å². The maximum Gasteiger partial charge on any atom is 0.433 e. The minimum Gasteiger partial charge on any atom is -0.222 e. The van der Waals surface area contributed by atoms with E-state index in [1.165, 1.54) is 0 Å². The highest BCUT2D eigenvalue weighted by molar-refractivity contribution is 7.98. The summed E-state index contributed by atoms with van der Waals surface area (Å²) in [6, 6.07) is 8.05. The van der Waals surface area contributed by atoms with Gasteiger partial charge in [-0.2, -0.15) is 13.2 Å². The molecular formula is C17H17F3N2SSi. The van der Waals surface area contributed by atoms with Gasteiger partial charge in [0.2, 0.25) is 0 Å². The van der Waals surface area contributed by atoms with Gasteiger partial charge in [-0.05, 0) is 24.5 Å². The summed E-state index contributed by atoms with van der Waals surface area (Å²) >= 11 is 1.08. The van der Waals surface area contributed by atoms with Crippen LogP contribution in [0.4, 0.5) is 13.2 Å². The van der Waals surface area contributed by atoms with E-state index < -0.39 is 19.9 Å². The van der Waals surface area contributed by atoms with E-state index in [0.717, 1.165) is 23.4 Å². The molecule has 0 spiro atoms. The molecule has 0 saturated carbocycles. The molecule has 2 aromatic rings. The van der Waals surface area contributed by atoms with Crippen LogP contribution in [0.2, 0.25) is 19.6 Å². The van der Waals surface area contributed by atoms with Crippen molar-refractivity contribution in [3.8, 4) is 22.7 Å². The van der Waals surface area contributed by atoms with Crippen LogP contribution in [0.25, 0.3) is 11.3 Å². The molecule has 0 N–H and O–H groups in total. The fraction of sp³-hybridized carbons (Fsp3) is 0.294. The lowest BCUT2D eigenvalue weighted by molar-refractivity contribution is -0.141. The summed E-state index contributed by atoms with van der Waals surface area (Å²) in [4.78, 5) is 7.71. The first-order valence-corrected chi connectivity index (χ1v) is 11.9. The van der Waals surface area contributed by atoms with Gasteiger partial charge >= 0.3 is 6.18 Å². The Labute approximate surface area is 144 Å². The van der Waals surface area contributed by atoms with Gasteiger partial charge in [0.1, 0.15) is 13.8 Å². The van der Waals surface area contributed by atoms with Gasteiger partial charge in [-0.3, -0.25) is 0 Å². The Morgan fingerprint density at radius 3 is 2.17 bits per heavy atom. The number of alkyl halides is 3. The van der Waals surface area contributed by atoms with Crippen molar-refractivity contribution in [1.82, 2.24) is 9.97 Å². The summed E-state index contributed by atoms with van der Waals surface area (Å²) in [7, 11) is -1.47. The Balaban J connectivity index is 2.39. The lowest BCUT2D eigenvalue weighted by Gasteiger charge is -2.09. The van der Waals surface area contributed by atoms with Crippen LogP contribution < -0.4 is 0 Å². The summed E-state index contributed by atoms with van der Waals surface area (Å²) in [6.45, 7) is 6.45. The molecule has 1 aromatic carbocycles. The average Bonchev–Trinajstić information content (AvgIpc) is 2.51. The van der Waals surface area contributed by atoms with E-state index >= 15 is 0 Å². The summed E-state index contributed by atoms with van der Waals surface area (Å²) in [6.07, 6.45) is -2.85. The van der Waals surface area contributed by atoms with Crippen LogP contribution in [0.5, 0.6) is 0 Å². The third kappa shape index (κ3) is 5.11. The Morgan fingerprint density at radius 1 is 1.04 bits per heavy atom. The average molecular weight is 366 g/mol. The van der Waals surface area contributed by atoms with Crippen molar-refractivity contribution >= 4 is 19.8 Å². The Morgan fingerprint density at radius 2 is 1.67 bits per heavy atom. The van der Waals surface area contributed by atoms with Gasteiger partial charge in [-0.15, -0.1) is 5.54 Å². The van der Waals surface area contributed by atoms with Crippen molar-refractivity contribution in [3.63, 3.8) is 0 Å². The molecule has 0 fully saturated rings. The topological polar surface area (TPSA) is 25.8 Å². The van der Waals surface area contributed by atoms with Gasteiger partial charge in [0.25, 0.3) is 0 Å². The molecule has 24 heavy (non-hydrogen) atoms. The van der Waals surface area contributed by atoms with Crippen LogP contribution in [-0.4, -0.2) is 24.3 Å². The van der Waals surface area contributed by atoms with Crippen molar-refractivity contribution in [2.75, 3.05) is 6.26 Å². The van der Waals surface area contributed by atoms with Crippen molar-refractivity contribution in [1.29, 1.82) is 0 Å². The zero-order valence-corrected chi connectivity index (χ0v) is 15.6. The monoisotopic (exact) mass is 366 g/mol. The molecule has 2 rings (SSSR count). The van der Waals surface area contributed by atoms with Crippen LogP contribution in [0, 0.1) is 11.5 Å². The minimum atomic E-state index is -4.50. The zero-order valence-electron chi connectivity index (χ0n) is 13.8. The molecule has 0 unspecified atom stereocenters. The van der Waals surface area contributed by atoms with Crippen LogP contribution in [0.15, 0.2) is 35.5 Å². The first-order valence-electron chi connectivity index (χ1n) is 7.22.